The normalized spacial score (nSPS) is 10.4. The van der Waals surface area contributed by atoms with Gasteiger partial charge in [0.1, 0.15) is 12.4 Å². The van der Waals surface area contributed by atoms with Crippen LogP contribution in [0.15, 0.2) is 35.7 Å². The first kappa shape index (κ1) is 14.6. The van der Waals surface area contributed by atoms with E-state index in [9.17, 15) is 4.79 Å². The molecular formula is C15H17NO3S. The van der Waals surface area contributed by atoms with Crippen molar-refractivity contribution in [3.63, 3.8) is 0 Å². The van der Waals surface area contributed by atoms with E-state index in [1.165, 1.54) is 16.5 Å². The number of hydrogen-bond acceptors (Lipinski definition) is 4. The zero-order chi connectivity index (χ0) is 14.4. The van der Waals surface area contributed by atoms with E-state index in [0.29, 0.717) is 18.9 Å². The topological polar surface area (TPSA) is 58.6 Å². The van der Waals surface area contributed by atoms with Crippen molar-refractivity contribution >= 4 is 17.3 Å². The molecular weight excluding hydrogens is 274 g/mol. The second-order valence-corrected chi connectivity index (χ2v) is 5.39. The van der Waals surface area contributed by atoms with Gasteiger partial charge in [-0.15, -0.1) is 11.3 Å². The molecule has 0 aliphatic heterocycles. The Morgan fingerprint density at radius 3 is 2.95 bits per heavy atom. The highest BCUT2D eigenvalue weighted by Crippen LogP contribution is 2.15. The van der Waals surface area contributed by atoms with Gasteiger partial charge < -0.3 is 15.2 Å². The van der Waals surface area contributed by atoms with E-state index in [0.717, 1.165) is 6.54 Å². The van der Waals surface area contributed by atoms with E-state index < -0.39 is 5.97 Å². The smallest absolute Gasteiger partial charge is 0.335 e. The molecule has 0 saturated heterocycles. The molecule has 0 amide bonds. The van der Waals surface area contributed by atoms with Gasteiger partial charge in [-0.2, -0.15) is 0 Å². The highest BCUT2D eigenvalue weighted by atomic mass is 32.1. The quantitative estimate of drug-likeness (QED) is 0.770. The molecule has 2 aromatic rings. The number of carboxylic acids is 1. The number of nitrogens with one attached hydrogen (secondary N) is 1. The molecule has 0 fully saturated rings. The predicted octanol–water partition coefficient (Wildman–Crippen LogP) is 2.92. The molecule has 0 atom stereocenters. The molecule has 1 heterocycles. The maximum atomic E-state index is 10.8. The minimum Gasteiger partial charge on any atom is -0.492 e. The fourth-order valence-electron chi connectivity index (χ4n) is 1.75. The van der Waals surface area contributed by atoms with Gasteiger partial charge in [0, 0.05) is 18.0 Å². The Morgan fingerprint density at radius 2 is 2.25 bits per heavy atom. The molecule has 0 saturated carbocycles. The zero-order valence-electron chi connectivity index (χ0n) is 11.3. The fraction of sp³-hybridized carbons (Fsp3) is 0.267. The summed E-state index contributed by atoms with van der Waals surface area (Å²) in [4.78, 5) is 12.2. The molecule has 20 heavy (non-hydrogen) atoms. The van der Waals surface area contributed by atoms with Crippen molar-refractivity contribution in [2.24, 2.45) is 0 Å². The first-order chi connectivity index (χ1) is 9.66. The number of benzene rings is 1. The Bertz CT molecular complexity index is 580. The van der Waals surface area contributed by atoms with Crippen LogP contribution >= 0.6 is 11.3 Å². The second-order valence-electron chi connectivity index (χ2n) is 4.39. The molecule has 0 spiro atoms. The predicted molar refractivity (Wildman–Crippen MR) is 79.7 cm³/mol. The number of aryl methyl sites for hydroxylation is 1. The van der Waals surface area contributed by atoms with Crippen molar-refractivity contribution < 1.29 is 14.6 Å². The number of carboxylic acid groups (broad SMARTS) is 1. The maximum absolute atomic E-state index is 10.8. The van der Waals surface area contributed by atoms with Crippen molar-refractivity contribution in [1.29, 1.82) is 0 Å². The summed E-state index contributed by atoms with van der Waals surface area (Å²) in [7, 11) is 0. The lowest BCUT2D eigenvalue weighted by Crippen LogP contribution is -2.20. The van der Waals surface area contributed by atoms with Crippen LogP contribution in [0.3, 0.4) is 0 Å². The molecule has 0 aliphatic rings. The number of thiophene rings is 1. The third-order valence-corrected chi connectivity index (χ3v) is 3.91. The molecule has 4 nitrogen and oxygen atoms in total. The first-order valence-corrected chi connectivity index (χ1v) is 7.24. The molecule has 0 aliphatic carbocycles. The Labute approximate surface area is 122 Å². The van der Waals surface area contributed by atoms with Crippen LogP contribution in [-0.2, 0) is 6.54 Å². The molecule has 106 valence electrons. The van der Waals surface area contributed by atoms with E-state index >= 15 is 0 Å². The Morgan fingerprint density at radius 1 is 1.40 bits per heavy atom. The third-order valence-electron chi connectivity index (χ3n) is 2.88. The van der Waals surface area contributed by atoms with Gasteiger partial charge in [0.25, 0.3) is 0 Å². The molecule has 2 N–H and O–H groups in total. The summed E-state index contributed by atoms with van der Waals surface area (Å²) in [5, 5.41) is 14.3. The summed E-state index contributed by atoms with van der Waals surface area (Å²) < 4.78 is 5.52. The lowest BCUT2D eigenvalue weighted by Gasteiger charge is -2.08. The second kappa shape index (κ2) is 7.07. The summed E-state index contributed by atoms with van der Waals surface area (Å²) >= 11 is 1.74. The van der Waals surface area contributed by atoms with E-state index in [1.54, 1.807) is 29.5 Å². The van der Waals surface area contributed by atoms with Gasteiger partial charge in [0.05, 0.1) is 5.56 Å². The zero-order valence-corrected chi connectivity index (χ0v) is 12.1. The van der Waals surface area contributed by atoms with Gasteiger partial charge in [0.15, 0.2) is 0 Å². The molecule has 5 heteroatoms. The van der Waals surface area contributed by atoms with Crippen LogP contribution in [0.1, 0.15) is 20.8 Å². The number of hydrogen-bond donors (Lipinski definition) is 2. The van der Waals surface area contributed by atoms with Crippen molar-refractivity contribution in [2.45, 2.75) is 13.5 Å². The van der Waals surface area contributed by atoms with E-state index in [2.05, 4.69) is 23.7 Å². The lowest BCUT2D eigenvalue weighted by molar-refractivity contribution is 0.0696. The number of carbonyl (C=O) groups is 1. The average Bonchev–Trinajstić information content (AvgIpc) is 2.84. The molecule has 0 unspecified atom stereocenters. The fourth-order valence-corrected chi connectivity index (χ4v) is 2.62. The largest absolute Gasteiger partial charge is 0.492 e. The lowest BCUT2D eigenvalue weighted by atomic mass is 10.2. The number of ether oxygens (including phenoxy) is 1. The van der Waals surface area contributed by atoms with Gasteiger partial charge >= 0.3 is 5.97 Å². The number of rotatable bonds is 7. The minimum atomic E-state index is -0.943. The summed E-state index contributed by atoms with van der Waals surface area (Å²) in [6, 6.07) is 8.63. The van der Waals surface area contributed by atoms with Crippen molar-refractivity contribution in [3.8, 4) is 5.75 Å². The van der Waals surface area contributed by atoms with Crippen LogP contribution in [0.2, 0.25) is 0 Å². The van der Waals surface area contributed by atoms with Crippen LogP contribution in [0.25, 0.3) is 0 Å². The maximum Gasteiger partial charge on any atom is 0.335 e. The van der Waals surface area contributed by atoms with Crippen LogP contribution in [-0.4, -0.2) is 24.2 Å². The van der Waals surface area contributed by atoms with E-state index in [4.69, 9.17) is 9.84 Å². The molecule has 0 bridgehead atoms. The standard InChI is InChI=1S/C15H17NO3S/c1-11-5-8-20-14(11)10-16-6-7-19-13-4-2-3-12(9-13)15(17)18/h2-5,8-9,16H,6-7,10H2,1H3,(H,17,18). The third kappa shape index (κ3) is 4.08. The first-order valence-electron chi connectivity index (χ1n) is 6.36. The van der Waals surface area contributed by atoms with Gasteiger partial charge in [-0.05, 0) is 42.1 Å². The Balaban J connectivity index is 1.72. The van der Waals surface area contributed by atoms with Gasteiger partial charge in [0.2, 0.25) is 0 Å². The van der Waals surface area contributed by atoms with Crippen LogP contribution in [0, 0.1) is 6.92 Å². The highest BCUT2D eigenvalue weighted by Gasteiger charge is 2.03. The van der Waals surface area contributed by atoms with Crippen molar-refractivity contribution in [2.75, 3.05) is 13.2 Å². The Hall–Kier alpha value is -1.85. The van der Waals surface area contributed by atoms with E-state index in [-0.39, 0.29) is 5.56 Å². The average molecular weight is 291 g/mol. The van der Waals surface area contributed by atoms with E-state index in [1.807, 2.05) is 0 Å². The summed E-state index contributed by atoms with van der Waals surface area (Å²) in [5.74, 6) is -0.360. The highest BCUT2D eigenvalue weighted by molar-refractivity contribution is 7.10. The SMILES string of the molecule is Cc1ccsc1CNCCOc1cccc(C(=O)O)c1. The number of aromatic carboxylic acids is 1. The summed E-state index contributed by atoms with van der Waals surface area (Å²) in [5.41, 5.74) is 1.54. The molecule has 2 rings (SSSR count). The van der Waals surface area contributed by atoms with Gasteiger partial charge in [-0.25, -0.2) is 4.79 Å². The van der Waals surface area contributed by atoms with Crippen molar-refractivity contribution in [1.82, 2.24) is 5.32 Å². The molecule has 1 aromatic heterocycles. The van der Waals surface area contributed by atoms with Crippen molar-refractivity contribution in [3.05, 3.63) is 51.7 Å². The Kier molecular flexibility index (Phi) is 5.15. The van der Waals surface area contributed by atoms with Crippen LogP contribution < -0.4 is 10.1 Å². The van der Waals surface area contributed by atoms with Gasteiger partial charge in [-0.1, -0.05) is 6.07 Å². The molecule has 0 radical (unpaired) electrons. The van der Waals surface area contributed by atoms with Crippen LogP contribution in [0.5, 0.6) is 5.75 Å². The monoisotopic (exact) mass is 291 g/mol. The molecule has 1 aromatic carbocycles. The van der Waals surface area contributed by atoms with Gasteiger partial charge in [-0.3, -0.25) is 0 Å². The minimum absolute atomic E-state index is 0.240. The van der Waals surface area contributed by atoms with Crippen LogP contribution in [0.4, 0.5) is 0 Å². The summed E-state index contributed by atoms with van der Waals surface area (Å²) in [6.45, 7) is 4.16. The summed E-state index contributed by atoms with van der Waals surface area (Å²) in [6.07, 6.45) is 0.